The number of aliphatic hydroxyl groups is 1. The number of amides is 1. The third-order valence-corrected chi connectivity index (χ3v) is 4.77. The molecule has 1 aliphatic rings. The van der Waals surface area contributed by atoms with Crippen molar-refractivity contribution < 1.29 is 9.90 Å². The van der Waals surface area contributed by atoms with E-state index >= 15 is 0 Å². The Morgan fingerprint density at radius 2 is 2.05 bits per heavy atom. The van der Waals surface area contributed by atoms with Crippen molar-refractivity contribution in [3.05, 3.63) is 28.2 Å². The summed E-state index contributed by atoms with van der Waals surface area (Å²) in [4.78, 5) is 15.4. The van der Waals surface area contributed by atoms with Crippen LogP contribution in [0, 0.1) is 0 Å². The number of thiol groups is 1. The standard InChI is InChI=1S/C15H20BrNO2S/c16-14-7-6-12(20)10-13(14)15(19)17(8-9-18)11-4-2-1-3-5-11/h6-7,10-11,18,20H,1-5,8-9H2. The molecule has 3 nitrogen and oxygen atoms in total. The minimum absolute atomic E-state index is 0.000421. The number of aliphatic hydroxyl groups excluding tert-OH is 1. The van der Waals surface area contributed by atoms with Crippen molar-refractivity contribution in [2.75, 3.05) is 13.2 Å². The van der Waals surface area contributed by atoms with Gasteiger partial charge in [0.05, 0.1) is 12.2 Å². The first-order chi connectivity index (χ1) is 9.63. The summed E-state index contributed by atoms with van der Waals surface area (Å²) in [6.07, 6.45) is 5.63. The fraction of sp³-hybridized carbons (Fsp3) is 0.533. The monoisotopic (exact) mass is 357 g/mol. The summed E-state index contributed by atoms with van der Waals surface area (Å²) in [5, 5.41) is 9.27. The molecule has 0 bridgehead atoms. The van der Waals surface area contributed by atoms with E-state index in [1.807, 2.05) is 17.0 Å². The number of rotatable bonds is 4. The fourth-order valence-electron chi connectivity index (χ4n) is 2.78. The number of halogens is 1. The molecule has 1 amide bonds. The predicted octanol–water partition coefficient (Wildman–Crippen LogP) is 3.51. The van der Waals surface area contributed by atoms with E-state index in [9.17, 15) is 9.90 Å². The average Bonchev–Trinajstić information content (AvgIpc) is 2.47. The summed E-state index contributed by atoms with van der Waals surface area (Å²) >= 11 is 7.73. The van der Waals surface area contributed by atoms with Gasteiger partial charge in [0.1, 0.15) is 0 Å². The summed E-state index contributed by atoms with van der Waals surface area (Å²) in [5.74, 6) is -0.0197. The van der Waals surface area contributed by atoms with E-state index in [1.54, 1.807) is 6.07 Å². The second kappa shape index (κ2) is 7.48. The molecular formula is C15H20BrNO2S. The lowest BCUT2D eigenvalue weighted by molar-refractivity contribution is 0.0584. The number of hydrogen-bond donors (Lipinski definition) is 2. The van der Waals surface area contributed by atoms with Crippen molar-refractivity contribution in [1.29, 1.82) is 0 Å². The summed E-state index contributed by atoms with van der Waals surface area (Å²) in [5.41, 5.74) is 0.622. The third-order valence-electron chi connectivity index (χ3n) is 3.80. The van der Waals surface area contributed by atoms with Crippen molar-refractivity contribution in [3.8, 4) is 0 Å². The zero-order valence-electron chi connectivity index (χ0n) is 11.4. The van der Waals surface area contributed by atoms with E-state index < -0.39 is 0 Å². The molecule has 0 radical (unpaired) electrons. The molecule has 1 saturated carbocycles. The van der Waals surface area contributed by atoms with E-state index in [4.69, 9.17) is 0 Å². The quantitative estimate of drug-likeness (QED) is 0.809. The maximum Gasteiger partial charge on any atom is 0.255 e. The van der Waals surface area contributed by atoms with Crippen LogP contribution in [0.25, 0.3) is 0 Å². The third kappa shape index (κ3) is 3.77. The van der Waals surface area contributed by atoms with Crippen LogP contribution in [0.3, 0.4) is 0 Å². The molecule has 1 fully saturated rings. The van der Waals surface area contributed by atoms with Gasteiger partial charge in [0, 0.05) is 22.0 Å². The first kappa shape index (κ1) is 15.9. The SMILES string of the molecule is O=C(c1cc(S)ccc1Br)N(CCO)C1CCCCC1. The number of carbonyl (C=O) groups excluding carboxylic acids is 1. The molecule has 2 rings (SSSR count). The van der Waals surface area contributed by atoms with Gasteiger partial charge < -0.3 is 10.0 Å². The Hall–Kier alpha value is -0.520. The van der Waals surface area contributed by atoms with Crippen LogP contribution in [0.15, 0.2) is 27.6 Å². The Balaban J connectivity index is 2.23. The van der Waals surface area contributed by atoms with Crippen LogP contribution in [0.4, 0.5) is 0 Å². The number of hydrogen-bond acceptors (Lipinski definition) is 3. The normalized spacial score (nSPS) is 16.1. The molecule has 5 heteroatoms. The van der Waals surface area contributed by atoms with Crippen LogP contribution in [0.1, 0.15) is 42.5 Å². The molecule has 0 aromatic heterocycles. The minimum Gasteiger partial charge on any atom is -0.395 e. The van der Waals surface area contributed by atoms with E-state index in [0.717, 1.165) is 35.1 Å². The molecule has 1 aromatic carbocycles. The van der Waals surface area contributed by atoms with E-state index in [1.165, 1.54) is 6.42 Å². The summed E-state index contributed by atoms with van der Waals surface area (Å²) in [6.45, 7) is 0.396. The summed E-state index contributed by atoms with van der Waals surface area (Å²) < 4.78 is 0.777. The molecular weight excluding hydrogens is 338 g/mol. The van der Waals surface area contributed by atoms with Crippen LogP contribution in [0.2, 0.25) is 0 Å². The van der Waals surface area contributed by atoms with Gasteiger partial charge in [-0.15, -0.1) is 12.6 Å². The van der Waals surface area contributed by atoms with E-state index in [0.29, 0.717) is 12.1 Å². The largest absolute Gasteiger partial charge is 0.395 e. The molecule has 1 aromatic rings. The number of nitrogens with zero attached hydrogens (tertiary/aromatic N) is 1. The van der Waals surface area contributed by atoms with Crippen molar-refractivity contribution in [2.24, 2.45) is 0 Å². The van der Waals surface area contributed by atoms with Gasteiger partial charge in [-0.05, 0) is 47.0 Å². The lowest BCUT2D eigenvalue weighted by atomic mass is 9.93. The van der Waals surface area contributed by atoms with Gasteiger partial charge in [-0.3, -0.25) is 4.79 Å². The maximum absolute atomic E-state index is 12.8. The topological polar surface area (TPSA) is 40.5 Å². The zero-order valence-corrected chi connectivity index (χ0v) is 13.9. The molecule has 0 saturated heterocycles. The Morgan fingerprint density at radius 3 is 2.70 bits per heavy atom. The van der Waals surface area contributed by atoms with E-state index in [-0.39, 0.29) is 18.6 Å². The summed E-state index contributed by atoms with van der Waals surface area (Å²) in [6, 6.07) is 5.72. The molecule has 20 heavy (non-hydrogen) atoms. The van der Waals surface area contributed by atoms with Crippen molar-refractivity contribution in [3.63, 3.8) is 0 Å². The van der Waals surface area contributed by atoms with Gasteiger partial charge in [-0.1, -0.05) is 19.3 Å². The molecule has 0 heterocycles. The average molecular weight is 358 g/mol. The van der Waals surface area contributed by atoms with Gasteiger partial charge in [0.25, 0.3) is 5.91 Å². The van der Waals surface area contributed by atoms with Gasteiger partial charge in [0.15, 0.2) is 0 Å². The lowest BCUT2D eigenvalue weighted by Gasteiger charge is -2.34. The molecule has 0 aliphatic heterocycles. The molecule has 1 aliphatic carbocycles. The predicted molar refractivity (Wildman–Crippen MR) is 86.4 cm³/mol. The van der Waals surface area contributed by atoms with Crippen LogP contribution < -0.4 is 0 Å². The smallest absolute Gasteiger partial charge is 0.255 e. The second-order valence-electron chi connectivity index (χ2n) is 5.18. The van der Waals surface area contributed by atoms with Crippen molar-refractivity contribution >= 4 is 34.5 Å². The minimum atomic E-state index is -0.0197. The highest BCUT2D eigenvalue weighted by atomic mass is 79.9. The van der Waals surface area contributed by atoms with E-state index in [2.05, 4.69) is 28.6 Å². The number of carbonyl (C=O) groups is 1. The van der Waals surface area contributed by atoms with Crippen LogP contribution in [-0.4, -0.2) is 35.1 Å². The number of benzene rings is 1. The second-order valence-corrected chi connectivity index (χ2v) is 6.55. The van der Waals surface area contributed by atoms with Crippen molar-refractivity contribution in [1.82, 2.24) is 4.90 Å². The van der Waals surface area contributed by atoms with Crippen molar-refractivity contribution in [2.45, 2.75) is 43.0 Å². The van der Waals surface area contributed by atoms with Gasteiger partial charge in [-0.25, -0.2) is 0 Å². The summed E-state index contributed by atoms with van der Waals surface area (Å²) in [7, 11) is 0. The molecule has 110 valence electrons. The highest BCUT2D eigenvalue weighted by Crippen LogP contribution is 2.27. The first-order valence-corrected chi connectivity index (χ1v) is 8.28. The van der Waals surface area contributed by atoms with Crippen LogP contribution >= 0.6 is 28.6 Å². The highest BCUT2D eigenvalue weighted by molar-refractivity contribution is 9.10. The highest BCUT2D eigenvalue weighted by Gasteiger charge is 2.26. The fourth-order valence-corrected chi connectivity index (χ4v) is 3.40. The Morgan fingerprint density at radius 1 is 1.35 bits per heavy atom. The van der Waals surface area contributed by atoms with Gasteiger partial charge >= 0.3 is 0 Å². The lowest BCUT2D eigenvalue weighted by Crippen LogP contribution is -2.43. The molecule has 1 N–H and O–H groups in total. The van der Waals surface area contributed by atoms with Gasteiger partial charge in [-0.2, -0.15) is 0 Å². The van der Waals surface area contributed by atoms with Crippen LogP contribution in [-0.2, 0) is 0 Å². The van der Waals surface area contributed by atoms with Gasteiger partial charge in [0.2, 0.25) is 0 Å². The molecule has 0 atom stereocenters. The molecule has 0 spiro atoms. The van der Waals surface area contributed by atoms with Crippen LogP contribution in [0.5, 0.6) is 0 Å². The zero-order chi connectivity index (χ0) is 14.5. The Bertz CT molecular complexity index is 475. The molecule has 0 unspecified atom stereocenters. The first-order valence-electron chi connectivity index (χ1n) is 7.04. The Kier molecular flexibility index (Phi) is 5.93. The maximum atomic E-state index is 12.8. The Labute approximate surface area is 133 Å².